The molecule has 0 aliphatic rings. The van der Waals surface area contributed by atoms with E-state index in [9.17, 15) is 10.1 Å². The maximum atomic E-state index is 10.7. The molecule has 0 aliphatic carbocycles. The molecule has 0 unspecified atom stereocenters. The largest absolute Gasteiger partial charge is 0.398 e. The summed E-state index contributed by atoms with van der Waals surface area (Å²) >= 11 is 0. The molecule has 3 aromatic rings. The molecule has 0 saturated carbocycles. The number of nitrogens with zero attached hydrogens (tertiary/aromatic N) is 3. The van der Waals surface area contributed by atoms with E-state index in [4.69, 9.17) is 5.73 Å². The minimum Gasteiger partial charge on any atom is -0.398 e. The van der Waals surface area contributed by atoms with E-state index in [1.807, 2.05) is 13.0 Å². The quantitative estimate of drug-likeness (QED) is 0.421. The molecule has 0 spiro atoms. The van der Waals surface area contributed by atoms with Crippen molar-refractivity contribution in [1.82, 2.24) is 15.0 Å². The van der Waals surface area contributed by atoms with E-state index in [0.29, 0.717) is 22.7 Å². The number of fused-ring (bicyclic) bond motifs is 1. The van der Waals surface area contributed by atoms with Gasteiger partial charge in [0.1, 0.15) is 5.82 Å². The summed E-state index contributed by atoms with van der Waals surface area (Å²) in [4.78, 5) is 21.9. The summed E-state index contributed by atoms with van der Waals surface area (Å²) in [6, 6.07) is 6.23. The molecule has 0 fully saturated rings. The van der Waals surface area contributed by atoms with E-state index in [0.717, 1.165) is 11.1 Å². The molecule has 2 heterocycles. The molecule has 7 nitrogen and oxygen atoms in total. The number of nitrogens with two attached hydrogens (primary N) is 1. The highest BCUT2D eigenvalue weighted by molar-refractivity contribution is 5.81. The lowest BCUT2D eigenvalue weighted by Gasteiger charge is -2.01. The third-order valence-corrected chi connectivity index (χ3v) is 2.98. The van der Waals surface area contributed by atoms with E-state index in [1.54, 1.807) is 12.3 Å². The number of benzene rings is 1. The Balaban J connectivity index is 2.13. The third kappa shape index (κ3) is 1.95. The first-order chi connectivity index (χ1) is 9.54. The van der Waals surface area contributed by atoms with Crippen molar-refractivity contribution in [3.8, 4) is 11.4 Å². The lowest BCUT2D eigenvalue weighted by atomic mass is 10.1. The summed E-state index contributed by atoms with van der Waals surface area (Å²) in [6.45, 7) is 1.94. The number of aromatic nitrogens is 3. The Labute approximate surface area is 113 Å². The number of nitro groups is 1. The Bertz CT molecular complexity index is 825. The van der Waals surface area contributed by atoms with Crippen LogP contribution in [0.4, 0.5) is 11.4 Å². The fourth-order valence-corrected chi connectivity index (χ4v) is 2.01. The first-order valence-electron chi connectivity index (χ1n) is 5.91. The van der Waals surface area contributed by atoms with Crippen LogP contribution in [0.25, 0.3) is 22.6 Å². The van der Waals surface area contributed by atoms with Crippen molar-refractivity contribution >= 4 is 22.5 Å². The topological polar surface area (TPSA) is 111 Å². The molecule has 0 amide bonds. The van der Waals surface area contributed by atoms with Crippen LogP contribution in [0.15, 0.2) is 30.5 Å². The van der Waals surface area contributed by atoms with Crippen molar-refractivity contribution in [2.45, 2.75) is 6.92 Å². The van der Waals surface area contributed by atoms with Crippen LogP contribution < -0.4 is 5.73 Å². The summed E-state index contributed by atoms with van der Waals surface area (Å²) in [7, 11) is 0. The third-order valence-electron chi connectivity index (χ3n) is 2.98. The van der Waals surface area contributed by atoms with Crippen molar-refractivity contribution in [2.24, 2.45) is 0 Å². The monoisotopic (exact) mass is 269 g/mol. The van der Waals surface area contributed by atoms with Gasteiger partial charge < -0.3 is 10.7 Å². The number of pyridine rings is 1. The van der Waals surface area contributed by atoms with Crippen LogP contribution in [0.5, 0.6) is 0 Å². The number of hydrogen-bond acceptors (Lipinski definition) is 5. The van der Waals surface area contributed by atoms with Crippen molar-refractivity contribution in [1.29, 1.82) is 0 Å². The molecule has 2 aromatic heterocycles. The van der Waals surface area contributed by atoms with Crippen LogP contribution in [0.1, 0.15) is 5.56 Å². The van der Waals surface area contributed by atoms with Gasteiger partial charge in [-0.1, -0.05) is 0 Å². The van der Waals surface area contributed by atoms with Gasteiger partial charge >= 0.3 is 0 Å². The van der Waals surface area contributed by atoms with Crippen LogP contribution in [-0.2, 0) is 0 Å². The number of H-pyrrole nitrogens is 1. The molecule has 0 bridgehead atoms. The van der Waals surface area contributed by atoms with Gasteiger partial charge in [-0.05, 0) is 24.6 Å². The second-order valence-electron chi connectivity index (χ2n) is 4.50. The van der Waals surface area contributed by atoms with Gasteiger partial charge in [0, 0.05) is 29.6 Å². The molecule has 7 heteroatoms. The number of anilines is 1. The first-order valence-corrected chi connectivity index (χ1v) is 5.91. The van der Waals surface area contributed by atoms with Gasteiger partial charge in [-0.25, -0.2) is 9.97 Å². The smallest absolute Gasteiger partial charge is 0.271 e. The Morgan fingerprint density at radius 3 is 2.85 bits per heavy atom. The molecule has 0 saturated heterocycles. The maximum absolute atomic E-state index is 10.7. The van der Waals surface area contributed by atoms with Crippen LogP contribution in [0.2, 0.25) is 0 Å². The van der Waals surface area contributed by atoms with Gasteiger partial charge in [-0.3, -0.25) is 10.1 Å². The van der Waals surface area contributed by atoms with Crippen LogP contribution in [0.3, 0.4) is 0 Å². The zero-order valence-electron chi connectivity index (χ0n) is 10.6. The maximum Gasteiger partial charge on any atom is 0.271 e. The Morgan fingerprint density at radius 2 is 2.15 bits per heavy atom. The number of nitrogens with one attached hydrogen (secondary N) is 1. The van der Waals surface area contributed by atoms with Crippen LogP contribution in [-0.4, -0.2) is 19.9 Å². The van der Waals surface area contributed by atoms with Gasteiger partial charge in [0.25, 0.3) is 5.69 Å². The summed E-state index contributed by atoms with van der Waals surface area (Å²) in [5.74, 6) is 0.547. The molecule has 1 aromatic carbocycles. The minimum atomic E-state index is -0.482. The summed E-state index contributed by atoms with van der Waals surface area (Å²) in [6.07, 6.45) is 1.73. The summed E-state index contributed by atoms with van der Waals surface area (Å²) < 4.78 is 0. The highest BCUT2D eigenvalue weighted by Gasteiger charge is 2.13. The molecule has 100 valence electrons. The zero-order valence-corrected chi connectivity index (χ0v) is 10.6. The van der Waals surface area contributed by atoms with E-state index < -0.39 is 4.92 Å². The minimum absolute atomic E-state index is 0.0451. The standard InChI is InChI=1S/C13H11N5O2/c1-7-4-11-13(15-6-7)17-12(16-11)9-3-2-8(18(19)20)5-10(9)14/h2-6H,14H2,1H3,(H,15,16,17). The lowest BCUT2D eigenvalue weighted by molar-refractivity contribution is -0.384. The number of non-ortho nitro benzene ring substituents is 1. The molecule has 0 atom stereocenters. The van der Waals surface area contributed by atoms with Crippen molar-refractivity contribution in [2.75, 3.05) is 5.73 Å². The highest BCUT2D eigenvalue weighted by Crippen LogP contribution is 2.28. The second-order valence-corrected chi connectivity index (χ2v) is 4.50. The molecular weight excluding hydrogens is 258 g/mol. The lowest BCUT2D eigenvalue weighted by Crippen LogP contribution is -1.94. The number of nitro benzene ring substituents is 1. The summed E-state index contributed by atoms with van der Waals surface area (Å²) in [5.41, 5.74) is 9.14. The van der Waals surface area contributed by atoms with Crippen LogP contribution >= 0.6 is 0 Å². The Hall–Kier alpha value is -2.96. The van der Waals surface area contributed by atoms with E-state index in [1.165, 1.54) is 12.1 Å². The van der Waals surface area contributed by atoms with Crippen molar-refractivity contribution in [3.05, 3.63) is 46.1 Å². The fourth-order valence-electron chi connectivity index (χ4n) is 2.01. The molecule has 0 aliphatic heterocycles. The Kier molecular flexibility index (Phi) is 2.60. The number of aromatic amines is 1. The van der Waals surface area contributed by atoms with Gasteiger partial charge in [0.2, 0.25) is 0 Å². The van der Waals surface area contributed by atoms with E-state index in [-0.39, 0.29) is 5.69 Å². The molecule has 3 rings (SSSR count). The van der Waals surface area contributed by atoms with Gasteiger partial charge in [-0.15, -0.1) is 0 Å². The number of nitrogen functional groups attached to an aromatic ring is 1. The predicted octanol–water partition coefficient (Wildman–Crippen LogP) is 2.42. The zero-order chi connectivity index (χ0) is 14.3. The number of rotatable bonds is 2. The average Bonchev–Trinajstić information content (AvgIpc) is 2.80. The van der Waals surface area contributed by atoms with Gasteiger partial charge in [-0.2, -0.15) is 0 Å². The van der Waals surface area contributed by atoms with E-state index in [2.05, 4.69) is 15.0 Å². The van der Waals surface area contributed by atoms with E-state index >= 15 is 0 Å². The van der Waals surface area contributed by atoms with Gasteiger partial charge in [0.15, 0.2) is 5.65 Å². The number of hydrogen-bond donors (Lipinski definition) is 2. The summed E-state index contributed by atoms with van der Waals surface area (Å²) in [5, 5.41) is 10.7. The fraction of sp³-hybridized carbons (Fsp3) is 0.0769. The highest BCUT2D eigenvalue weighted by atomic mass is 16.6. The number of imidazole rings is 1. The van der Waals surface area contributed by atoms with Gasteiger partial charge in [0.05, 0.1) is 10.4 Å². The number of aryl methyl sites for hydroxylation is 1. The average molecular weight is 269 g/mol. The first kappa shape index (κ1) is 12.1. The molecule has 3 N–H and O–H groups in total. The molecule has 20 heavy (non-hydrogen) atoms. The Morgan fingerprint density at radius 1 is 1.35 bits per heavy atom. The molecular formula is C13H11N5O2. The SMILES string of the molecule is Cc1cnc2nc(-c3ccc([N+](=O)[O-])cc3N)[nH]c2c1. The predicted molar refractivity (Wildman–Crippen MR) is 75.1 cm³/mol. The van der Waals surface area contributed by atoms with Crippen molar-refractivity contribution < 1.29 is 4.92 Å². The normalized spacial score (nSPS) is 10.8. The second kappa shape index (κ2) is 4.30. The van der Waals surface area contributed by atoms with Crippen LogP contribution in [0, 0.1) is 17.0 Å². The van der Waals surface area contributed by atoms with Crippen molar-refractivity contribution in [3.63, 3.8) is 0 Å². The molecule has 0 radical (unpaired) electrons.